The van der Waals surface area contributed by atoms with Crippen molar-refractivity contribution < 1.29 is 8.42 Å². The fourth-order valence-electron chi connectivity index (χ4n) is 1.55. The van der Waals surface area contributed by atoms with Gasteiger partial charge in [0.25, 0.3) is 10.0 Å². The van der Waals surface area contributed by atoms with Gasteiger partial charge in [0.1, 0.15) is 15.2 Å². The third-order valence-electron chi connectivity index (χ3n) is 2.43. The van der Waals surface area contributed by atoms with E-state index in [4.69, 9.17) is 23.2 Å². The SMILES string of the molecule is O=S(=O)(Nc1c(Cl)ccc2nsnc12)c1ccc(Cl)s1. The molecule has 0 aliphatic heterocycles. The highest BCUT2D eigenvalue weighted by Gasteiger charge is 2.20. The first-order valence-electron chi connectivity index (χ1n) is 5.16. The Morgan fingerprint density at radius 1 is 1.10 bits per heavy atom. The van der Waals surface area contributed by atoms with Crippen LogP contribution in [0.15, 0.2) is 28.5 Å². The lowest BCUT2D eigenvalue weighted by molar-refractivity contribution is 0.603. The topological polar surface area (TPSA) is 72.0 Å². The van der Waals surface area contributed by atoms with Crippen LogP contribution in [-0.4, -0.2) is 17.2 Å². The molecule has 20 heavy (non-hydrogen) atoms. The molecular weight excluding hydrogens is 361 g/mol. The first kappa shape index (κ1) is 14.0. The van der Waals surface area contributed by atoms with E-state index in [1.54, 1.807) is 12.1 Å². The molecule has 0 atom stereocenters. The van der Waals surface area contributed by atoms with E-state index in [2.05, 4.69) is 13.5 Å². The standard InChI is InChI=1S/C10H5Cl2N3O2S3/c11-5-1-2-6-10(14-19-13-6)9(5)15-20(16,17)8-4-3-7(12)18-8/h1-4,15H. The number of hydrogen-bond donors (Lipinski definition) is 1. The molecule has 1 aromatic carbocycles. The smallest absolute Gasteiger partial charge is 0.271 e. The van der Waals surface area contributed by atoms with Crippen LogP contribution in [0.3, 0.4) is 0 Å². The Morgan fingerprint density at radius 3 is 2.60 bits per heavy atom. The van der Waals surface area contributed by atoms with Crippen molar-refractivity contribution in [1.82, 2.24) is 8.75 Å². The molecule has 0 spiro atoms. The van der Waals surface area contributed by atoms with Crippen LogP contribution in [0.1, 0.15) is 0 Å². The summed E-state index contributed by atoms with van der Waals surface area (Å²) in [7, 11) is -3.75. The lowest BCUT2D eigenvalue weighted by Gasteiger charge is -2.08. The van der Waals surface area contributed by atoms with E-state index in [1.807, 2.05) is 0 Å². The monoisotopic (exact) mass is 365 g/mol. The van der Waals surface area contributed by atoms with Gasteiger partial charge >= 0.3 is 0 Å². The number of rotatable bonds is 3. The van der Waals surface area contributed by atoms with Gasteiger partial charge in [-0.1, -0.05) is 23.2 Å². The molecule has 1 N–H and O–H groups in total. The van der Waals surface area contributed by atoms with Crippen LogP contribution in [0, 0.1) is 0 Å². The van der Waals surface area contributed by atoms with Crippen LogP contribution in [0.5, 0.6) is 0 Å². The Balaban J connectivity index is 2.09. The van der Waals surface area contributed by atoms with Crippen molar-refractivity contribution in [3.8, 4) is 0 Å². The van der Waals surface area contributed by atoms with Crippen molar-refractivity contribution in [3.05, 3.63) is 33.6 Å². The van der Waals surface area contributed by atoms with Crippen molar-refractivity contribution >= 4 is 73.0 Å². The minimum Gasteiger partial charge on any atom is -0.275 e. The summed E-state index contributed by atoms with van der Waals surface area (Å²) in [5.74, 6) is 0. The van der Waals surface area contributed by atoms with Gasteiger partial charge in [0.2, 0.25) is 0 Å². The molecule has 0 saturated heterocycles. The average Bonchev–Trinajstić information content (AvgIpc) is 3.01. The van der Waals surface area contributed by atoms with E-state index in [1.165, 1.54) is 12.1 Å². The van der Waals surface area contributed by atoms with Gasteiger partial charge < -0.3 is 0 Å². The fourth-order valence-corrected chi connectivity index (χ4v) is 4.92. The van der Waals surface area contributed by atoms with Gasteiger partial charge in [-0.2, -0.15) is 8.75 Å². The molecule has 0 radical (unpaired) electrons. The summed E-state index contributed by atoms with van der Waals surface area (Å²) in [5, 5.41) is 0.261. The highest BCUT2D eigenvalue weighted by atomic mass is 35.5. The third-order valence-corrected chi connectivity index (χ3v) is 6.36. The first-order valence-corrected chi connectivity index (χ1v) is 8.95. The van der Waals surface area contributed by atoms with Gasteiger partial charge in [0.05, 0.1) is 26.8 Å². The van der Waals surface area contributed by atoms with Crippen LogP contribution >= 0.6 is 46.3 Å². The van der Waals surface area contributed by atoms with E-state index in [0.29, 0.717) is 15.4 Å². The first-order chi connectivity index (χ1) is 9.47. The molecule has 10 heteroatoms. The quantitative estimate of drug-likeness (QED) is 0.764. The minimum absolute atomic E-state index is 0.110. The van der Waals surface area contributed by atoms with Gasteiger partial charge in [-0.25, -0.2) is 8.42 Å². The minimum atomic E-state index is -3.75. The Kier molecular flexibility index (Phi) is 3.59. The predicted octanol–water partition coefficient (Wildman–Crippen LogP) is 3.86. The van der Waals surface area contributed by atoms with Gasteiger partial charge in [-0.05, 0) is 24.3 Å². The van der Waals surface area contributed by atoms with E-state index < -0.39 is 10.0 Å². The zero-order valence-electron chi connectivity index (χ0n) is 9.50. The number of hydrogen-bond acceptors (Lipinski definition) is 6. The molecule has 0 bridgehead atoms. The summed E-state index contributed by atoms with van der Waals surface area (Å²) in [6.07, 6.45) is 0. The van der Waals surface area contributed by atoms with E-state index in [0.717, 1.165) is 23.1 Å². The molecule has 0 aliphatic carbocycles. The van der Waals surface area contributed by atoms with Gasteiger partial charge in [0.15, 0.2) is 0 Å². The molecule has 3 aromatic rings. The number of thiophene rings is 1. The lowest BCUT2D eigenvalue weighted by Crippen LogP contribution is -2.12. The number of benzene rings is 1. The van der Waals surface area contributed by atoms with Gasteiger partial charge in [-0.15, -0.1) is 11.3 Å². The number of sulfonamides is 1. The molecule has 3 rings (SSSR count). The predicted molar refractivity (Wildman–Crippen MR) is 82.6 cm³/mol. The normalized spacial score (nSPS) is 11.9. The summed E-state index contributed by atoms with van der Waals surface area (Å²) < 4.78 is 35.6. The van der Waals surface area contributed by atoms with Gasteiger partial charge in [-0.3, -0.25) is 4.72 Å². The summed E-state index contributed by atoms with van der Waals surface area (Å²) in [4.78, 5) is 0. The second-order valence-electron chi connectivity index (χ2n) is 3.72. The molecule has 0 fully saturated rings. The van der Waals surface area contributed by atoms with Crippen LogP contribution in [0.4, 0.5) is 5.69 Å². The number of aromatic nitrogens is 2. The van der Waals surface area contributed by atoms with Crippen molar-refractivity contribution in [2.24, 2.45) is 0 Å². The van der Waals surface area contributed by atoms with Crippen molar-refractivity contribution in [2.75, 3.05) is 4.72 Å². The Bertz CT molecular complexity index is 888. The van der Waals surface area contributed by atoms with E-state index in [9.17, 15) is 8.42 Å². The second-order valence-corrected chi connectivity index (χ2v) is 8.28. The third kappa shape index (κ3) is 2.49. The molecule has 0 amide bonds. The highest BCUT2D eigenvalue weighted by molar-refractivity contribution is 7.94. The Morgan fingerprint density at radius 2 is 1.90 bits per heavy atom. The van der Waals surface area contributed by atoms with Crippen LogP contribution in [-0.2, 0) is 10.0 Å². The highest BCUT2D eigenvalue weighted by Crippen LogP contribution is 2.33. The number of anilines is 1. The maximum absolute atomic E-state index is 12.3. The van der Waals surface area contributed by atoms with E-state index in [-0.39, 0.29) is 14.9 Å². The number of nitrogens with one attached hydrogen (secondary N) is 1. The zero-order chi connectivity index (χ0) is 14.3. The number of nitrogens with zero attached hydrogens (tertiary/aromatic N) is 2. The maximum Gasteiger partial charge on any atom is 0.271 e. The van der Waals surface area contributed by atoms with Crippen LogP contribution < -0.4 is 4.72 Å². The molecule has 0 unspecified atom stereocenters. The lowest BCUT2D eigenvalue weighted by atomic mass is 10.3. The molecule has 104 valence electrons. The fraction of sp³-hybridized carbons (Fsp3) is 0. The van der Waals surface area contributed by atoms with Crippen molar-refractivity contribution in [2.45, 2.75) is 4.21 Å². The molecule has 2 aromatic heterocycles. The number of halogens is 2. The summed E-state index contributed by atoms with van der Waals surface area (Å²) in [5.41, 5.74) is 1.23. The second kappa shape index (κ2) is 5.12. The molecule has 0 saturated carbocycles. The zero-order valence-corrected chi connectivity index (χ0v) is 13.5. The van der Waals surface area contributed by atoms with Gasteiger partial charge in [0, 0.05) is 0 Å². The summed E-state index contributed by atoms with van der Waals surface area (Å²) in [6.45, 7) is 0. The average molecular weight is 366 g/mol. The summed E-state index contributed by atoms with van der Waals surface area (Å²) >= 11 is 13.8. The Hall–Kier alpha value is -0.930. The molecule has 2 heterocycles. The maximum atomic E-state index is 12.3. The Labute approximate surface area is 132 Å². The van der Waals surface area contributed by atoms with Crippen LogP contribution in [0.25, 0.3) is 11.0 Å². The molecule has 5 nitrogen and oxygen atoms in total. The van der Waals surface area contributed by atoms with Crippen LogP contribution in [0.2, 0.25) is 9.36 Å². The number of fused-ring (bicyclic) bond motifs is 1. The molecule has 0 aliphatic rings. The summed E-state index contributed by atoms with van der Waals surface area (Å²) in [6, 6.07) is 6.21. The van der Waals surface area contributed by atoms with Crippen molar-refractivity contribution in [1.29, 1.82) is 0 Å². The molecular formula is C10H5Cl2N3O2S3. The van der Waals surface area contributed by atoms with E-state index >= 15 is 0 Å². The largest absolute Gasteiger partial charge is 0.275 e. The van der Waals surface area contributed by atoms with Crippen molar-refractivity contribution in [3.63, 3.8) is 0 Å².